The lowest BCUT2D eigenvalue weighted by atomic mass is 10.2. The molecule has 0 spiro atoms. The van der Waals surface area contributed by atoms with Crippen molar-refractivity contribution in [2.75, 3.05) is 25.3 Å². The maximum absolute atomic E-state index is 12.1. The summed E-state index contributed by atoms with van der Waals surface area (Å²) in [5.41, 5.74) is 0.460. The highest BCUT2D eigenvalue weighted by Crippen LogP contribution is 2.36. The number of nitrogens with zero attached hydrogens (tertiary/aromatic N) is 2. The third-order valence-electron chi connectivity index (χ3n) is 2.99. The quantitative estimate of drug-likeness (QED) is 0.744. The molecule has 0 unspecified atom stereocenters. The zero-order valence-electron chi connectivity index (χ0n) is 13.8. The average Bonchev–Trinajstić information content (AvgIpc) is 3.02. The molecule has 0 radical (unpaired) electrons. The van der Waals surface area contributed by atoms with Gasteiger partial charge in [-0.05, 0) is 6.07 Å². The Morgan fingerprint density at radius 2 is 2.00 bits per heavy atom. The van der Waals surface area contributed by atoms with Crippen molar-refractivity contribution in [3.63, 3.8) is 0 Å². The van der Waals surface area contributed by atoms with Gasteiger partial charge < -0.3 is 19.2 Å². The first-order valence-corrected chi connectivity index (χ1v) is 8.48. The maximum atomic E-state index is 12.1. The van der Waals surface area contributed by atoms with E-state index in [4.69, 9.17) is 25.5 Å². The first kappa shape index (κ1) is 18.4. The number of aromatic nitrogens is 2. The van der Waals surface area contributed by atoms with Gasteiger partial charge in [-0.3, -0.25) is 4.79 Å². The van der Waals surface area contributed by atoms with Gasteiger partial charge in [-0.15, -0.1) is 10.2 Å². The van der Waals surface area contributed by atoms with E-state index in [0.29, 0.717) is 33.3 Å². The Bertz CT molecular complexity index is 721. The number of anilines is 1. The fourth-order valence-corrected chi connectivity index (χ4v) is 2.59. The summed E-state index contributed by atoms with van der Waals surface area (Å²) in [7, 11) is 3.00. The monoisotopic (exact) mass is 371 g/mol. The summed E-state index contributed by atoms with van der Waals surface area (Å²) in [6.07, 6.45) is 0. The summed E-state index contributed by atoms with van der Waals surface area (Å²) in [5.74, 6) is 1.48. The van der Waals surface area contributed by atoms with Crippen LogP contribution in [0.2, 0.25) is 5.02 Å². The van der Waals surface area contributed by atoms with Crippen molar-refractivity contribution < 1.29 is 18.7 Å². The predicted molar refractivity (Wildman–Crippen MR) is 92.3 cm³/mol. The molecule has 1 aromatic carbocycles. The summed E-state index contributed by atoms with van der Waals surface area (Å²) >= 11 is 7.24. The van der Waals surface area contributed by atoms with Crippen LogP contribution in [0.15, 0.2) is 21.8 Å². The third kappa shape index (κ3) is 4.55. The Morgan fingerprint density at radius 1 is 1.29 bits per heavy atom. The fraction of sp³-hybridized carbons (Fsp3) is 0.400. The van der Waals surface area contributed by atoms with Crippen LogP contribution in [0.5, 0.6) is 11.5 Å². The van der Waals surface area contributed by atoms with Crippen LogP contribution in [0.4, 0.5) is 5.69 Å². The molecule has 1 N–H and O–H groups in total. The second-order valence-electron chi connectivity index (χ2n) is 5.08. The number of carbonyl (C=O) groups is 1. The molecule has 0 saturated carbocycles. The molecule has 0 aliphatic rings. The molecule has 0 bridgehead atoms. The number of benzene rings is 1. The van der Waals surface area contributed by atoms with Crippen molar-refractivity contribution in [3.8, 4) is 11.5 Å². The van der Waals surface area contributed by atoms with E-state index in [0.717, 1.165) is 11.8 Å². The third-order valence-corrected chi connectivity index (χ3v) is 4.10. The van der Waals surface area contributed by atoms with Crippen LogP contribution < -0.4 is 14.8 Å². The van der Waals surface area contributed by atoms with Gasteiger partial charge in [-0.25, -0.2) is 0 Å². The van der Waals surface area contributed by atoms with Crippen molar-refractivity contribution in [2.24, 2.45) is 0 Å². The first-order valence-electron chi connectivity index (χ1n) is 7.12. The molecular weight excluding hydrogens is 354 g/mol. The number of nitrogens with one attached hydrogen (secondary N) is 1. The summed E-state index contributed by atoms with van der Waals surface area (Å²) < 4.78 is 15.8. The van der Waals surface area contributed by atoms with Crippen LogP contribution in [0.25, 0.3) is 0 Å². The lowest BCUT2D eigenvalue weighted by Gasteiger charge is -2.12. The maximum Gasteiger partial charge on any atom is 0.277 e. The van der Waals surface area contributed by atoms with Gasteiger partial charge in [-0.2, -0.15) is 0 Å². The van der Waals surface area contributed by atoms with E-state index in [1.165, 1.54) is 14.2 Å². The van der Waals surface area contributed by atoms with Crippen molar-refractivity contribution >= 4 is 35.0 Å². The molecule has 7 nitrogen and oxygen atoms in total. The Balaban J connectivity index is 2.00. The van der Waals surface area contributed by atoms with Gasteiger partial charge in [0.25, 0.3) is 5.22 Å². The van der Waals surface area contributed by atoms with E-state index in [1.54, 1.807) is 12.1 Å². The van der Waals surface area contributed by atoms with E-state index in [-0.39, 0.29) is 17.6 Å². The fourth-order valence-electron chi connectivity index (χ4n) is 1.78. The van der Waals surface area contributed by atoms with E-state index in [1.807, 2.05) is 13.8 Å². The Morgan fingerprint density at radius 3 is 2.58 bits per heavy atom. The molecule has 0 saturated heterocycles. The summed E-state index contributed by atoms with van der Waals surface area (Å²) in [6, 6.07) is 3.18. The highest BCUT2D eigenvalue weighted by atomic mass is 35.5. The number of thioether (sulfide) groups is 1. The number of amides is 1. The van der Waals surface area contributed by atoms with Crippen molar-refractivity contribution in [3.05, 3.63) is 23.0 Å². The van der Waals surface area contributed by atoms with Gasteiger partial charge in [0.1, 0.15) is 11.5 Å². The van der Waals surface area contributed by atoms with Crippen LogP contribution >= 0.6 is 23.4 Å². The van der Waals surface area contributed by atoms with Gasteiger partial charge in [0.15, 0.2) is 0 Å². The Hall–Kier alpha value is -1.93. The molecular formula is C15H18ClN3O4S. The van der Waals surface area contributed by atoms with Gasteiger partial charge >= 0.3 is 0 Å². The number of halogens is 1. The molecule has 0 atom stereocenters. The van der Waals surface area contributed by atoms with Crippen LogP contribution in [0.1, 0.15) is 25.7 Å². The van der Waals surface area contributed by atoms with Crippen LogP contribution in [-0.2, 0) is 4.79 Å². The lowest BCUT2D eigenvalue weighted by molar-refractivity contribution is -0.113. The number of methoxy groups -OCH3 is 2. The van der Waals surface area contributed by atoms with E-state index in [9.17, 15) is 4.79 Å². The SMILES string of the molecule is COc1cc(OC)c(NC(=O)CSc2nnc(C(C)C)o2)cc1Cl. The molecule has 1 amide bonds. The minimum absolute atomic E-state index is 0.118. The highest BCUT2D eigenvalue weighted by Gasteiger charge is 2.15. The second kappa shape index (κ2) is 8.25. The van der Waals surface area contributed by atoms with Gasteiger partial charge in [-0.1, -0.05) is 37.2 Å². The smallest absolute Gasteiger partial charge is 0.277 e. The normalized spacial score (nSPS) is 10.8. The minimum Gasteiger partial charge on any atom is -0.495 e. The first-order chi connectivity index (χ1) is 11.4. The largest absolute Gasteiger partial charge is 0.495 e. The summed E-state index contributed by atoms with van der Waals surface area (Å²) in [5, 5.41) is 11.3. The number of hydrogen-bond acceptors (Lipinski definition) is 7. The van der Waals surface area contributed by atoms with Crippen LogP contribution in [0.3, 0.4) is 0 Å². The molecule has 1 heterocycles. The van der Waals surface area contributed by atoms with E-state index >= 15 is 0 Å². The van der Waals surface area contributed by atoms with Crippen molar-refractivity contribution in [1.82, 2.24) is 10.2 Å². The summed E-state index contributed by atoms with van der Waals surface area (Å²) in [4.78, 5) is 12.1. The number of carbonyl (C=O) groups excluding carboxylic acids is 1. The lowest BCUT2D eigenvalue weighted by Crippen LogP contribution is -2.14. The summed E-state index contributed by atoms with van der Waals surface area (Å²) in [6.45, 7) is 3.91. The second-order valence-corrected chi connectivity index (χ2v) is 6.42. The highest BCUT2D eigenvalue weighted by molar-refractivity contribution is 7.99. The van der Waals surface area contributed by atoms with Crippen molar-refractivity contribution in [1.29, 1.82) is 0 Å². The number of ether oxygens (including phenoxy) is 2. The molecule has 1 aromatic heterocycles. The van der Waals surface area contributed by atoms with Gasteiger partial charge in [0.2, 0.25) is 11.8 Å². The number of hydrogen-bond donors (Lipinski definition) is 1. The van der Waals surface area contributed by atoms with Crippen molar-refractivity contribution in [2.45, 2.75) is 25.0 Å². The molecule has 0 aliphatic carbocycles. The molecule has 130 valence electrons. The van der Waals surface area contributed by atoms with Gasteiger partial charge in [0.05, 0.1) is 30.7 Å². The van der Waals surface area contributed by atoms with Crippen LogP contribution in [-0.4, -0.2) is 36.1 Å². The minimum atomic E-state index is -0.246. The molecule has 2 aromatic rings. The Kier molecular flexibility index (Phi) is 6.33. The average molecular weight is 372 g/mol. The van der Waals surface area contributed by atoms with Gasteiger partial charge in [0, 0.05) is 12.0 Å². The molecule has 2 rings (SSSR count). The standard InChI is InChI=1S/C15H18ClN3O4S/c1-8(2)14-18-19-15(23-14)24-7-13(20)17-10-5-9(16)11(21-3)6-12(10)22-4/h5-6,8H,7H2,1-4H3,(H,17,20). The molecule has 24 heavy (non-hydrogen) atoms. The molecule has 0 aliphatic heterocycles. The predicted octanol–water partition coefficient (Wildman–Crippen LogP) is 3.59. The topological polar surface area (TPSA) is 86.5 Å². The Labute approximate surface area is 149 Å². The zero-order chi connectivity index (χ0) is 17.7. The number of rotatable bonds is 7. The van der Waals surface area contributed by atoms with E-state index < -0.39 is 0 Å². The van der Waals surface area contributed by atoms with E-state index in [2.05, 4.69) is 15.5 Å². The molecule has 0 fully saturated rings. The zero-order valence-corrected chi connectivity index (χ0v) is 15.3. The molecule has 9 heteroatoms. The van der Waals surface area contributed by atoms with Crippen LogP contribution in [0, 0.1) is 0 Å².